The minimum absolute atomic E-state index is 0.187. The normalized spacial score (nSPS) is 10.5. The highest BCUT2D eigenvalue weighted by atomic mass is 79.9. The topological polar surface area (TPSA) is 74.5 Å². The van der Waals surface area contributed by atoms with E-state index in [2.05, 4.69) is 26.1 Å². The number of hydrogen-bond donors (Lipinski definition) is 0. The van der Waals surface area contributed by atoms with Gasteiger partial charge in [-0.25, -0.2) is 0 Å². The Hall–Kier alpha value is -2.67. The Morgan fingerprint density at radius 2 is 1.92 bits per heavy atom. The van der Waals surface area contributed by atoms with E-state index in [1.807, 2.05) is 24.3 Å². The summed E-state index contributed by atoms with van der Waals surface area (Å²) in [4.78, 5) is 16.0. The van der Waals surface area contributed by atoms with Gasteiger partial charge in [0, 0.05) is 10.9 Å². The van der Waals surface area contributed by atoms with Crippen LogP contribution in [-0.4, -0.2) is 16.1 Å². The molecule has 1 aromatic heterocycles. The van der Waals surface area contributed by atoms with Gasteiger partial charge in [-0.15, -0.1) is 0 Å². The number of carbonyl (C=O) groups excluding carboxylic acids is 1. The lowest BCUT2D eigenvalue weighted by atomic mass is 10.1. The van der Waals surface area contributed by atoms with Crippen molar-refractivity contribution in [1.29, 1.82) is 0 Å². The number of halogens is 1. The number of benzene rings is 2. The summed E-state index contributed by atoms with van der Waals surface area (Å²) in [5, 5.41) is 3.69. The first-order chi connectivity index (χ1) is 12.6. The molecule has 0 saturated heterocycles. The highest BCUT2D eigenvalue weighted by Gasteiger charge is 2.07. The number of hydrogen-bond acceptors (Lipinski definition) is 6. The Bertz CT molecular complexity index is 877. The van der Waals surface area contributed by atoms with Crippen molar-refractivity contribution < 1.29 is 18.8 Å². The molecule has 6 nitrogen and oxygen atoms in total. The molecule has 0 amide bonds. The number of aryl methyl sites for hydroxylation is 2. The maximum absolute atomic E-state index is 12.0. The van der Waals surface area contributed by atoms with Crippen molar-refractivity contribution in [1.82, 2.24) is 10.1 Å². The van der Waals surface area contributed by atoms with Gasteiger partial charge in [-0.1, -0.05) is 33.2 Å². The molecule has 0 spiro atoms. The van der Waals surface area contributed by atoms with Crippen LogP contribution in [-0.2, 0) is 17.8 Å². The van der Waals surface area contributed by atoms with E-state index in [0.717, 1.165) is 10.0 Å². The molecule has 0 fully saturated rings. The molecule has 2 aromatic carbocycles. The number of rotatable bonds is 7. The van der Waals surface area contributed by atoms with Crippen molar-refractivity contribution in [2.45, 2.75) is 26.4 Å². The summed E-state index contributed by atoms with van der Waals surface area (Å²) in [6.07, 6.45) is 0.939. The minimum atomic E-state index is -0.278. The van der Waals surface area contributed by atoms with Gasteiger partial charge >= 0.3 is 5.97 Å². The zero-order valence-electron chi connectivity index (χ0n) is 14.1. The molecule has 0 aliphatic carbocycles. The van der Waals surface area contributed by atoms with Gasteiger partial charge < -0.3 is 14.0 Å². The molecule has 0 saturated carbocycles. The molecule has 1 heterocycles. The highest BCUT2D eigenvalue weighted by molar-refractivity contribution is 9.10. The molecule has 0 N–H and O–H groups in total. The average molecular weight is 417 g/mol. The smallest absolute Gasteiger partial charge is 0.311 e. The van der Waals surface area contributed by atoms with Crippen LogP contribution in [0.3, 0.4) is 0 Å². The van der Waals surface area contributed by atoms with Crippen LogP contribution < -0.4 is 9.47 Å². The van der Waals surface area contributed by atoms with E-state index in [1.54, 1.807) is 31.2 Å². The van der Waals surface area contributed by atoms with E-state index in [-0.39, 0.29) is 12.6 Å². The first-order valence-corrected chi connectivity index (χ1v) is 8.85. The maximum Gasteiger partial charge on any atom is 0.311 e. The van der Waals surface area contributed by atoms with E-state index in [0.29, 0.717) is 36.1 Å². The van der Waals surface area contributed by atoms with Gasteiger partial charge in [0.15, 0.2) is 12.4 Å². The van der Waals surface area contributed by atoms with E-state index >= 15 is 0 Å². The van der Waals surface area contributed by atoms with Gasteiger partial charge in [0.2, 0.25) is 0 Å². The second-order valence-corrected chi connectivity index (χ2v) is 6.52. The minimum Gasteiger partial charge on any atom is -0.484 e. The van der Waals surface area contributed by atoms with Gasteiger partial charge in [0.1, 0.15) is 11.5 Å². The van der Waals surface area contributed by atoms with E-state index in [4.69, 9.17) is 14.0 Å². The summed E-state index contributed by atoms with van der Waals surface area (Å²) in [7, 11) is 0. The molecule has 0 radical (unpaired) electrons. The van der Waals surface area contributed by atoms with Crippen molar-refractivity contribution in [3.63, 3.8) is 0 Å². The molecule has 7 heteroatoms. The van der Waals surface area contributed by atoms with Crippen molar-refractivity contribution >= 4 is 21.9 Å². The number of nitrogens with zero attached hydrogens (tertiary/aromatic N) is 2. The second-order valence-electron chi connectivity index (χ2n) is 5.60. The monoisotopic (exact) mass is 416 g/mol. The fourth-order valence-corrected chi connectivity index (χ4v) is 2.72. The predicted octanol–water partition coefficient (Wildman–Crippen LogP) is 4.26. The van der Waals surface area contributed by atoms with Gasteiger partial charge in [-0.05, 0) is 55.3 Å². The van der Waals surface area contributed by atoms with Gasteiger partial charge in [-0.2, -0.15) is 4.98 Å². The SMILES string of the molecule is Cc1noc(COc2ccc(OC(=O)CCc3cccc(Br)c3)cc2)n1. The Morgan fingerprint density at radius 3 is 2.62 bits per heavy atom. The van der Waals surface area contributed by atoms with Gasteiger partial charge in [0.05, 0.1) is 0 Å². The molecule has 0 atom stereocenters. The lowest BCUT2D eigenvalue weighted by Gasteiger charge is -2.07. The molecular weight excluding hydrogens is 400 g/mol. The summed E-state index contributed by atoms with van der Waals surface area (Å²) < 4.78 is 16.9. The molecule has 3 aromatic rings. The summed E-state index contributed by atoms with van der Waals surface area (Å²) in [6.45, 7) is 1.93. The molecule has 0 aliphatic heterocycles. The van der Waals surface area contributed by atoms with E-state index in [1.165, 1.54) is 0 Å². The molecule has 0 bridgehead atoms. The molecular formula is C19H17BrN2O4. The fraction of sp³-hybridized carbons (Fsp3) is 0.211. The largest absolute Gasteiger partial charge is 0.484 e. The lowest BCUT2D eigenvalue weighted by Crippen LogP contribution is -2.09. The Labute approximate surface area is 159 Å². The van der Waals surface area contributed by atoms with Crippen LogP contribution in [0.4, 0.5) is 0 Å². The van der Waals surface area contributed by atoms with E-state index in [9.17, 15) is 4.79 Å². The van der Waals surface area contributed by atoms with Crippen molar-refractivity contribution in [2.75, 3.05) is 0 Å². The number of carbonyl (C=O) groups is 1. The fourth-order valence-electron chi connectivity index (χ4n) is 2.27. The molecule has 26 heavy (non-hydrogen) atoms. The van der Waals surface area contributed by atoms with Crippen LogP contribution in [0.15, 0.2) is 57.5 Å². The van der Waals surface area contributed by atoms with Crippen LogP contribution in [0.25, 0.3) is 0 Å². The highest BCUT2D eigenvalue weighted by Crippen LogP contribution is 2.19. The lowest BCUT2D eigenvalue weighted by molar-refractivity contribution is -0.134. The quantitative estimate of drug-likeness (QED) is 0.423. The van der Waals surface area contributed by atoms with Gasteiger partial charge in [0.25, 0.3) is 5.89 Å². The summed E-state index contributed by atoms with van der Waals surface area (Å²) in [6, 6.07) is 14.7. The molecule has 0 unspecified atom stereocenters. The van der Waals surface area contributed by atoms with Crippen molar-refractivity contribution in [2.24, 2.45) is 0 Å². The summed E-state index contributed by atoms with van der Waals surface area (Å²) in [5.74, 6) is 1.79. The predicted molar refractivity (Wildman–Crippen MR) is 97.9 cm³/mol. The second kappa shape index (κ2) is 8.62. The van der Waals surface area contributed by atoms with Crippen molar-refractivity contribution in [3.8, 4) is 11.5 Å². The summed E-state index contributed by atoms with van der Waals surface area (Å²) >= 11 is 3.42. The molecule has 0 aliphatic rings. The third kappa shape index (κ3) is 5.42. The zero-order chi connectivity index (χ0) is 18.4. The van der Waals surface area contributed by atoms with Crippen LogP contribution in [0, 0.1) is 6.92 Å². The standard InChI is InChI=1S/C19H17BrN2O4/c1-13-21-18(26-22-13)12-24-16-6-8-17(9-7-16)25-19(23)10-5-14-3-2-4-15(20)11-14/h2-4,6-9,11H,5,10,12H2,1H3. The number of aromatic nitrogens is 2. The van der Waals surface area contributed by atoms with Crippen LogP contribution in [0.2, 0.25) is 0 Å². The van der Waals surface area contributed by atoms with Crippen molar-refractivity contribution in [3.05, 3.63) is 70.3 Å². The van der Waals surface area contributed by atoms with Crippen LogP contribution in [0.5, 0.6) is 11.5 Å². The average Bonchev–Trinajstić information content (AvgIpc) is 3.05. The Balaban J connectivity index is 1.46. The third-order valence-electron chi connectivity index (χ3n) is 3.49. The first-order valence-electron chi connectivity index (χ1n) is 8.06. The molecule has 3 rings (SSSR count). The number of esters is 1. The third-order valence-corrected chi connectivity index (χ3v) is 3.99. The van der Waals surface area contributed by atoms with E-state index < -0.39 is 0 Å². The maximum atomic E-state index is 12.0. The first kappa shape index (κ1) is 18.1. The van der Waals surface area contributed by atoms with Crippen LogP contribution in [0.1, 0.15) is 23.7 Å². The molecule has 134 valence electrons. The van der Waals surface area contributed by atoms with Crippen LogP contribution >= 0.6 is 15.9 Å². The summed E-state index contributed by atoms with van der Waals surface area (Å²) in [5.41, 5.74) is 1.08. The zero-order valence-corrected chi connectivity index (χ0v) is 15.7. The van der Waals surface area contributed by atoms with Gasteiger partial charge in [-0.3, -0.25) is 4.79 Å². The Morgan fingerprint density at radius 1 is 1.15 bits per heavy atom. The number of ether oxygens (including phenoxy) is 2. The Kier molecular flexibility index (Phi) is 6.01.